The lowest BCUT2D eigenvalue weighted by Crippen LogP contribution is -2.64. The minimum atomic E-state index is -0.833. The Bertz CT molecular complexity index is 1800. The Labute approximate surface area is 498 Å². The van der Waals surface area contributed by atoms with Gasteiger partial charge in [0.25, 0.3) is 0 Å². The van der Waals surface area contributed by atoms with Crippen molar-refractivity contribution in [3.8, 4) is 11.5 Å². The van der Waals surface area contributed by atoms with Gasteiger partial charge in [-0.3, -0.25) is 9.59 Å². The second-order valence-electron chi connectivity index (χ2n) is 27.9. The maximum Gasteiger partial charge on any atom is 0.220 e. The van der Waals surface area contributed by atoms with Crippen molar-refractivity contribution in [1.82, 2.24) is 20.4 Å². The minimum Gasteiger partial charge on any atom is -0.493 e. The van der Waals surface area contributed by atoms with Crippen LogP contribution < -0.4 is 20.1 Å². The van der Waals surface area contributed by atoms with Crippen molar-refractivity contribution in [1.29, 1.82) is 0 Å². The van der Waals surface area contributed by atoms with Gasteiger partial charge in [0, 0.05) is 50.4 Å². The molecule has 1 aliphatic rings. The number of piperidine rings is 1. The lowest BCUT2D eigenvalue weighted by atomic mass is 9.45. The van der Waals surface area contributed by atoms with E-state index in [1.165, 1.54) is 26.6 Å². The first-order valence-electron chi connectivity index (χ1n) is 29.7. The summed E-state index contributed by atoms with van der Waals surface area (Å²) in [5, 5.41) is 23.6. The predicted octanol–water partition coefficient (Wildman–Crippen LogP) is 14.7. The SMILES string of the molecule is CC.CC(C)(C)C(C)(C)CS.CCCC(C)(C)O.CCN(C)C(C)CC(C)(C)C.CN1CC(C)(C)C(C)(C)C(C)(C(C)(C)C)C1.COc1cc(CO)ccc1OCCCC(=O)NC(CCC=O)(CCC=O)CCC(=O)NC(C)S. The van der Waals surface area contributed by atoms with E-state index in [1.54, 1.807) is 25.1 Å². The van der Waals surface area contributed by atoms with Crippen LogP contribution in [0.5, 0.6) is 11.5 Å². The molecular weight excluding hydrogens is 1030 g/mol. The largest absolute Gasteiger partial charge is 0.493 e. The number of nitrogens with zero attached hydrogens (tertiary/aromatic N) is 2. The molecule has 2 rings (SSSR count). The number of amides is 2. The van der Waals surface area contributed by atoms with Crippen LogP contribution in [0, 0.1) is 37.9 Å². The number of hydrogen-bond donors (Lipinski definition) is 6. The average molecular weight is 1160 g/mol. The van der Waals surface area contributed by atoms with Gasteiger partial charge in [0.15, 0.2) is 11.5 Å². The van der Waals surface area contributed by atoms with Crippen molar-refractivity contribution in [3.05, 3.63) is 23.8 Å². The Morgan fingerprint density at radius 1 is 0.823 bits per heavy atom. The third-order valence-electron chi connectivity index (χ3n) is 16.7. The summed E-state index contributed by atoms with van der Waals surface area (Å²) in [5.74, 6) is 1.50. The molecule has 0 saturated carbocycles. The van der Waals surface area contributed by atoms with Crippen LogP contribution in [0.25, 0.3) is 0 Å². The molecule has 1 aromatic carbocycles. The lowest BCUT2D eigenvalue weighted by Gasteiger charge is -2.64. The summed E-state index contributed by atoms with van der Waals surface area (Å²) in [4.78, 5) is 51.8. The first-order valence-corrected chi connectivity index (χ1v) is 30.8. The molecule has 0 aromatic heterocycles. The minimum absolute atomic E-state index is 0.109. The number of benzene rings is 1. The van der Waals surface area contributed by atoms with Gasteiger partial charge >= 0.3 is 0 Å². The predicted molar refractivity (Wildman–Crippen MR) is 345 cm³/mol. The van der Waals surface area contributed by atoms with Gasteiger partial charge in [-0.15, -0.1) is 0 Å². The van der Waals surface area contributed by atoms with Gasteiger partial charge in [-0.1, -0.05) is 151 Å². The maximum atomic E-state index is 12.7. The first kappa shape index (κ1) is 83.1. The second-order valence-corrected chi connectivity index (χ2v) is 29.0. The molecule has 14 heteroatoms. The zero-order valence-corrected chi connectivity index (χ0v) is 58.0. The van der Waals surface area contributed by atoms with E-state index in [9.17, 15) is 24.3 Å². The van der Waals surface area contributed by atoms with Crippen LogP contribution in [-0.4, -0.2) is 120 Å². The topological polar surface area (TPSA) is 158 Å². The van der Waals surface area contributed by atoms with E-state index in [4.69, 9.17) is 14.6 Å². The highest BCUT2D eigenvalue weighted by Crippen LogP contribution is 2.61. The van der Waals surface area contributed by atoms with Crippen LogP contribution in [0.3, 0.4) is 0 Å². The number of thiol groups is 2. The molecule has 1 fully saturated rings. The Balaban J connectivity index is -0.000000513. The zero-order valence-electron chi connectivity index (χ0n) is 56.2. The molecule has 468 valence electrons. The van der Waals surface area contributed by atoms with Gasteiger partial charge in [-0.2, -0.15) is 25.3 Å². The second kappa shape index (κ2) is 38.5. The Morgan fingerprint density at radius 3 is 1.70 bits per heavy atom. The van der Waals surface area contributed by atoms with Crippen molar-refractivity contribution in [2.45, 2.75) is 266 Å². The van der Waals surface area contributed by atoms with Crippen LogP contribution in [0.2, 0.25) is 0 Å². The number of hydrogen-bond acceptors (Lipinski definition) is 12. The maximum absolute atomic E-state index is 12.7. The molecule has 1 heterocycles. The molecule has 79 heavy (non-hydrogen) atoms. The molecular formula is C65H128N4O8S2. The highest BCUT2D eigenvalue weighted by Gasteiger charge is 2.58. The van der Waals surface area contributed by atoms with E-state index < -0.39 is 11.1 Å². The number of nitrogens with one attached hydrogen (secondary N) is 2. The number of rotatable bonds is 24. The van der Waals surface area contributed by atoms with Gasteiger partial charge < -0.3 is 49.7 Å². The summed E-state index contributed by atoms with van der Waals surface area (Å²) in [6, 6.07) is 5.82. The quantitative estimate of drug-likeness (QED) is 0.0255. The summed E-state index contributed by atoms with van der Waals surface area (Å²) in [6.07, 6.45) is 6.87. The van der Waals surface area contributed by atoms with Crippen molar-refractivity contribution in [3.63, 3.8) is 0 Å². The molecule has 12 nitrogen and oxygen atoms in total. The number of carbonyl (C=O) groups excluding carboxylic acids is 4. The van der Waals surface area contributed by atoms with Crippen molar-refractivity contribution in [2.24, 2.45) is 37.9 Å². The van der Waals surface area contributed by atoms with E-state index in [1.807, 2.05) is 27.7 Å². The third-order valence-corrected chi connectivity index (χ3v) is 17.6. The number of methoxy groups -OCH3 is 1. The average Bonchev–Trinajstić information content (AvgIpc) is 3.31. The Morgan fingerprint density at radius 2 is 1.34 bits per heavy atom. The highest BCUT2D eigenvalue weighted by molar-refractivity contribution is 7.80. The summed E-state index contributed by atoms with van der Waals surface area (Å²) in [6.45, 7) is 57.3. The number of likely N-dealkylation sites (tertiary alicyclic amines) is 1. The van der Waals surface area contributed by atoms with E-state index in [2.05, 4.69) is 191 Å². The monoisotopic (exact) mass is 1160 g/mol. The fraction of sp³-hybridized carbons (Fsp3) is 0.846. The van der Waals surface area contributed by atoms with Crippen LogP contribution in [0.4, 0.5) is 0 Å². The molecule has 4 N–H and O–H groups in total. The molecule has 1 saturated heterocycles. The summed E-state index contributed by atoms with van der Waals surface area (Å²) in [7, 11) is 5.96. The molecule has 0 spiro atoms. The molecule has 2 amide bonds. The molecule has 0 radical (unpaired) electrons. The van der Waals surface area contributed by atoms with E-state index in [0.29, 0.717) is 86.7 Å². The number of ether oxygens (including phenoxy) is 2. The van der Waals surface area contributed by atoms with Gasteiger partial charge in [0.1, 0.15) is 12.6 Å². The lowest BCUT2D eigenvalue weighted by molar-refractivity contribution is -0.159. The first-order chi connectivity index (χ1) is 35.9. The number of carbonyl (C=O) groups is 4. The molecule has 0 bridgehead atoms. The van der Waals surface area contributed by atoms with Crippen LogP contribution in [0.15, 0.2) is 18.2 Å². The summed E-state index contributed by atoms with van der Waals surface area (Å²) >= 11 is 8.44. The van der Waals surface area contributed by atoms with Crippen molar-refractivity contribution >= 4 is 49.6 Å². The normalized spacial score (nSPS) is 17.1. The number of aldehydes is 2. The van der Waals surface area contributed by atoms with Crippen LogP contribution >= 0.6 is 25.3 Å². The summed E-state index contributed by atoms with van der Waals surface area (Å²) in [5.41, 5.74) is 1.98. The molecule has 1 aliphatic heterocycles. The van der Waals surface area contributed by atoms with Crippen LogP contribution in [-0.2, 0) is 25.8 Å². The van der Waals surface area contributed by atoms with Crippen LogP contribution in [0.1, 0.15) is 242 Å². The van der Waals surface area contributed by atoms with E-state index in [-0.39, 0.29) is 56.1 Å². The third kappa shape index (κ3) is 33.5. The van der Waals surface area contributed by atoms with Gasteiger partial charge in [-0.25, -0.2) is 0 Å². The number of aliphatic hydroxyl groups is 2. The molecule has 1 aromatic rings. The molecule has 3 unspecified atom stereocenters. The van der Waals surface area contributed by atoms with E-state index in [0.717, 1.165) is 37.7 Å². The molecule has 0 aliphatic carbocycles. The zero-order chi connectivity index (χ0) is 63.1. The standard InChI is InChI=1S/C24H36N2O7S.C15H31N.C10H23N.C8H18S.C6H14O.C2H6/c1-18(34)25-22(30)9-12-24(10-4-13-27,11-5-14-28)26-23(31)6-3-15-33-20-8-7-19(17-29)16-21(20)32-2;1-12(2,3)15(8)11-16(9)10-13(4,5)14(15,6)7;1-7-11(6)9(2)8-10(3,4)5;1-7(2,3)8(4,5)6-9;1-4-5-6(2,3)7;1-2/h7-8,13-14,16,18,29,34H,3-6,9-12,15,17H2,1-2H3,(H,25,30)(H,26,31);10-11H2,1-9H3;9H,7-8H2,1-6H3;9H,6H2,1-5H3;7H,4-5H2,1-3H3;1-2H3. The highest BCUT2D eigenvalue weighted by atomic mass is 32.1. The summed E-state index contributed by atoms with van der Waals surface area (Å²) < 4.78 is 11.0. The van der Waals surface area contributed by atoms with Gasteiger partial charge in [0.2, 0.25) is 11.8 Å². The van der Waals surface area contributed by atoms with Crippen molar-refractivity contribution < 1.29 is 38.9 Å². The number of aliphatic hydroxyl groups excluding tert-OH is 1. The fourth-order valence-corrected chi connectivity index (χ4v) is 10.0. The van der Waals surface area contributed by atoms with Crippen molar-refractivity contribution in [2.75, 3.05) is 53.2 Å². The van der Waals surface area contributed by atoms with Gasteiger partial charge in [-0.05, 0) is 148 Å². The fourth-order valence-electron chi connectivity index (χ4n) is 9.38. The Kier molecular flexibility index (Phi) is 40.5. The molecule has 3 atom stereocenters. The van der Waals surface area contributed by atoms with E-state index >= 15 is 0 Å². The smallest absolute Gasteiger partial charge is 0.220 e. The van der Waals surface area contributed by atoms with Gasteiger partial charge in [0.05, 0.1) is 31.3 Å². The Hall–Kier alpha value is -2.36.